The number of allylic oxidation sites excluding steroid dienone is 1. The number of aromatic hydroxyl groups is 1. The largest absolute Gasteiger partial charge is 0.506 e. The number of hydrogen-bond donors (Lipinski definition) is 1. The van der Waals surface area contributed by atoms with Crippen LogP contribution in [0, 0.1) is 11.3 Å². The van der Waals surface area contributed by atoms with Crippen molar-refractivity contribution in [1.29, 1.82) is 5.26 Å². The van der Waals surface area contributed by atoms with E-state index < -0.39 is 0 Å². The first kappa shape index (κ1) is 20.7. The van der Waals surface area contributed by atoms with E-state index in [4.69, 9.17) is 0 Å². The number of benzene rings is 2. The Hall–Kier alpha value is -3.04. The number of phenolic OH excluding ortho intramolecular Hbond substituents is 1. The molecule has 6 heteroatoms. The molecule has 1 amide bonds. The van der Waals surface area contributed by atoms with Crippen LogP contribution in [0.2, 0.25) is 0 Å². The molecule has 1 heterocycles. The van der Waals surface area contributed by atoms with Gasteiger partial charge in [-0.3, -0.25) is 4.79 Å². The highest BCUT2D eigenvalue weighted by molar-refractivity contribution is 9.10. The van der Waals surface area contributed by atoms with Gasteiger partial charge in [0.05, 0.1) is 4.47 Å². The SMILES string of the molecule is C=CCc1cc(/C=C(/C#N)C(=O)N2CCN(c3ccccc3)CC2)cc(Br)c1O. The maximum Gasteiger partial charge on any atom is 0.264 e. The predicted molar refractivity (Wildman–Crippen MR) is 119 cm³/mol. The molecule has 0 bridgehead atoms. The lowest BCUT2D eigenvalue weighted by Crippen LogP contribution is -2.49. The molecule has 0 aromatic heterocycles. The molecule has 2 aromatic carbocycles. The number of amides is 1. The number of nitrogens with zero attached hydrogens (tertiary/aromatic N) is 3. The summed E-state index contributed by atoms with van der Waals surface area (Å²) in [6.45, 7) is 6.27. The van der Waals surface area contributed by atoms with Gasteiger partial charge in [0.1, 0.15) is 17.4 Å². The lowest BCUT2D eigenvalue weighted by molar-refractivity contribution is -0.126. The van der Waals surface area contributed by atoms with Crippen LogP contribution in [0.3, 0.4) is 0 Å². The highest BCUT2D eigenvalue weighted by Gasteiger charge is 2.24. The van der Waals surface area contributed by atoms with E-state index in [0.717, 1.165) is 18.8 Å². The Morgan fingerprint density at radius 3 is 2.52 bits per heavy atom. The van der Waals surface area contributed by atoms with Crippen molar-refractivity contribution in [3.05, 3.63) is 76.3 Å². The maximum absolute atomic E-state index is 12.9. The molecule has 1 fully saturated rings. The Balaban J connectivity index is 1.74. The van der Waals surface area contributed by atoms with Crippen molar-refractivity contribution >= 4 is 33.6 Å². The maximum atomic E-state index is 12.9. The third kappa shape index (κ3) is 4.87. The molecular formula is C23H22BrN3O2. The second kappa shape index (κ2) is 9.44. The lowest BCUT2D eigenvalue weighted by atomic mass is 10.0. The van der Waals surface area contributed by atoms with Crippen LogP contribution in [0.4, 0.5) is 5.69 Å². The molecule has 0 atom stereocenters. The van der Waals surface area contributed by atoms with Crippen LogP contribution in [0.25, 0.3) is 6.08 Å². The van der Waals surface area contributed by atoms with Crippen molar-refractivity contribution in [3.63, 3.8) is 0 Å². The second-order valence-electron chi connectivity index (χ2n) is 6.79. The van der Waals surface area contributed by atoms with E-state index in [2.05, 4.69) is 39.5 Å². The van der Waals surface area contributed by atoms with Gasteiger partial charge in [-0.1, -0.05) is 24.3 Å². The number of nitriles is 1. The van der Waals surface area contributed by atoms with Gasteiger partial charge in [0.25, 0.3) is 5.91 Å². The Morgan fingerprint density at radius 1 is 1.21 bits per heavy atom. The highest BCUT2D eigenvalue weighted by atomic mass is 79.9. The zero-order valence-corrected chi connectivity index (χ0v) is 17.6. The van der Waals surface area contributed by atoms with E-state index >= 15 is 0 Å². The average Bonchev–Trinajstić information content (AvgIpc) is 2.76. The summed E-state index contributed by atoms with van der Waals surface area (Å²) >= 11 is 3.32. The number of carbonyl (C=O) groups excluding carboxylic acids is 1. The second-order valence-corrected chi connectivity index (χ2v) is 7.64. The Bertz CT molecular complexity index is 972. The molecule has 0 saturated carbocycles. The topological polar surface area (TPSA) is 67.6 Å². The van der Waals surface area contributed by atoms with Crippen molar-refractivity contribution in [1.82, 2.24) is 4.90 Å². The zero-order valence-electron chi connectivity index (χ0n) is 16.0. The number of phenols is 1. The zero-order chi connectivity index (χ0) is 20.8. The van der Waals surface area contributed by atoms with Gasteiger partial charge >= 0.3 is 0 Å². The molecule has 29 heavy (non-hydrogen) atoms. The first-order valence-electron chi connectivity index (χ1n) is 9.37. The minimum atomic E-state index is -0.269. The van der Waals surface area contributed by atoms with Gasteiger partial charge in [-0.15, -0.1) is 6.58 Å². The predicted octanol–water partition coefficient (Wildman–Crippen LogP) is 4.14. The third-order valence-electron chi connectivity index (χ3n) is 4.88. The monoisotopic (exact) mass is 451 g/mol. The van der Waals surface area contributed by atoms with Gasteiger partial charge in [0.2, 0.25) is 0 Å². The molecule has 2 aromatic rings. The Morgan fingerprint density at radius 2 is 1.90 bits per heavy atom. The van der Waals surface area contributed by atoms with Gasteiger partial charge in [-0.25, -0.2) is 0 Å². The first-order chi connectivity index (χ1) is 14.0. The fourth-order valence-corrected chi connectivity index (χ4v) is 3.88. The van der Waals surface area contributed by atoms with Crippen LogP contribution in [0.5, 0.6) is 5.75 Å². The summed E-state index contributed by atoms with van der Waals surface area (Å²) in [7, 11) is 0. The first-order valence-corrected chi connectivity index (χ1v) is 10.2. The van der Waals surface area contributed by atoms with E-state index in [1.807, 2.05) is 24.3 Å². The lowest BCUT2D eigenvalue weighted by Gasteiger charge is -2.36. The molecule has 0 unspecified atom stereocenters. The number of carbonyl (C=O) groups is 1. The molecule has 1 aliphatic rings. The minimum absolute atomic E-state index is 0.0836. The van der Waals surface area contributed by atoms with Crippen molar-refractivity contribution in [3.8, 4) is 11.8 Å². The molecule has 1 aliphatic heterocycles. The smallest absolute Gasteiger partial charge is 0.264 e. The number of piperazine rings is 1. The highest BCUT2D eigenvalue weighted by Crippen LogP contribution is 2.31. The minimum Gasteiger partial charge on any atom is -0.506 e. The number of halogens is 1. The van der Waals surface area contributed by atoms with Crippen molar-refractivity contribution in [2.45, 2.75) is 6.42 Å². The van der Waals surface area contributed by atoms with E-state index in [1.165, 1.54) is 0 Å². The summed E-state index contributed by atoms with van der Waals surface area (Å²) in [5.74, 6) is -0.126. The van der Waals surface area contributed by atoms with Gasteiger partial charge in [-0.2, -0.15) is 5.26 Å². The van der Waals surface area contributed by atoms with Gasteiger partial charge in [0.15, 0.2) is 0 Å². The number of anilines is 1. The van der Waals surface area contributed by atoms with Crippen LogP contribution in [-0.4, -0.2) is 42.1 Å². The fraction of sp³-hybridized carbons (Fsp3) is 0.217. The summed E-state index contributed by atoms with van der Waals surface area (Å²) in [6, 6.07) is 15.6. The van der Waals surface area contributed by atoms with Crippen LogP contribution < -0.4 is 4.90 Å². The molecule has 0 aliphatic carbocycles. The third-order valence-corrected chi connectivity index (χ3v) is 5.48. The molecule has 5 nitrogen and oxygen atoms in total. The quantitative estimate of drug-likeness (QED) is 0.421. The molecule has 0 radical (unpaired) electrons. The Kier molecular flexibility index (Phi) is 6.73. The van der Waals surface area contributed by atoms with Crippen LogP contribution in [-0.2, 0) is 11.2 Å². The van der Waals surface area contributed by atoms with Crippen molar-refractivity contribution in [2.75, 3.05) is 31.1 Å². The van der Waals surface area contributed by atoms with Crippen LogP contribution in [0.1, 0.15) is 11.1 Å². The number of rotatable bonds is 5. The molecule has 1 N–H and O–H groups in total. The normalized spacial score (nSPS) is 14.4. The van der Waals surface area contributed by atoms with Crippen LogP contribution >= 0.6 is 15.9 Å². The average molecular weight is 452 g/mol. The summed E-state index contributed by atoms with van der Waals surface area (Å²) < 4.78 is 0.518. The van der Waals surface area contributed by atoms with Crippen molar-refractivity contribution in [2.24, 2.45) is 0 Å². The van der Waals surface area contributed by atoms with E-state index in [-0.39, 0.29) is 17.2 Å². The molecule has 148 valence electrons. The number of hydrogen-bond acceptors (Lipinski definition) is 4. The summed E-state index contributed by atoms with van der Waals surface area (Å²) in [5, 5.41) is 19.7. The molecule has 0 spiro atoms. The molecule has 1 saturated heterocycles. The standard InChI is InChI=1S/C23H22BrN3O2/c1-2-6-18-13-17(15-21(24)22(18)28)14-19(16-25)23(29)27-11-9-26(10-12-27)20-7-4-3-5-8-20/h2-5,7-8,13-15,28H,1,6,9-12H2/b19-14-. The summed E-state index contributed by atoms with van der Waals surface area (Å²) in [6.07, 6.45) is 3.75. The molecule has 3 rings (SSSR count). The Labute approximate surface area is 179 Å². The summed E-state index contributed by atoms with van der Waals surface area (Å²) in [5.41, 5.74) is 2.58. The van der Waals surface area contributed by atoms with Gasteiger partial charge in [-0.05, 0) is 63.8 Å². The fourth-order valence-electron chi connectivity index (χ4n) is 3.36. The number of para-hydroxylation sites is 1. The molecular weight excluding hydrogens is 430 g/mol. The van der Waals surface area contributed by atoms with Gasteiger partial charge in [0, 0.05) is 31.9 Å². The van der Waals surface area contributed by atoms with Crippen molar-refractivity contribution < 1.29 is 9.90 Å². The van der Waals surface area contributed by atoms with E-state index in [0.29, 0.717) is 35.1 Å². The van der Waals surface area contributed by atoms with E-state index in [9.17, 15) is 15.2 Å². The van der Waals surface area contributed by atoms with Gasteiger partial charge < -0.3 is 14.9 Å². The van der Waals surface area contributed by atoms with Crippen LogP contribution in [0.15, 0.2) is 65.2 Å². The van der Waals surface area contributed by atoms with E-state index in [1.54, 1.807) is 29.2 Å². The summed E-state index contributed by atoms with van der Waals surface area (Å²) in [4.78, 5) is 16.8.